The van der Waals surface area contributed by atoms with Crippen molar-refractivity contribution >= 4 is 5.97 Å². The van der Waals surface area contributed by atoms with E-state index in [1.54, 1.807) is 6.92 Å². The molecule has 0 spiro atoms. The molecule has 0 aromatic heterocycles. The number of carboxylic acids is 1. The Bertz CT molecular complexity index is 149. The molecule has 1 atom stereocenters. The van der Waals surface area contributed by atoms with Gasteiger partial charge in [-0.25, -0.2) is 4.79 Å². The quantitative estimate of drug-likeness (QED) is 0.466. The number of aliphatic hydroxyl groups is 1. The highest BCUT2D eigenvalue weighted by atomic mass is 16.4. The summed E-state index contributed by atoms with van der Waals surface area (Å²) in [7, 11) is 0. The van der Waals surface area contributed by atoms with Crippen molar-refractivity contribution in [1.82, 2.24) is 0 Å². The Morgan fingerprint density at radius 1 is 1.70 bits per heavy atom. The number of hydrogen-bond acceptors (Lipinski definition) is 2. The second-order valence-corrected chi connectivity index (χ2v) is 2.20. The Morgan fingerprint density at radius 2 is 2.20 bits per heavy atom. The minimum absolute atomic E-state index is 0.0718. The Hall–Kier alpha value is -0.990. The molecule has 0 rings (SSSR count). The van der Waals surface area contributed by atoms with Crippen molar-refractivity contribution in [2.24, 2.45) is 5.92 Å². The van der Waals surface area contributed by atoms with Gasteiger partial charge in [-0.1, -0.05) is 13.8 Å². The molecule has 0 radical (unpaired) electrons. The van der Waals surface area contributed by atoms with E-state index < -0.39 is 5.97 Å². The van der Waals surface area contributed by atoms with E-state index in [9.17, 15) is 4.79 Å². The van der Waals surface area contributed by atoms with Gasteiger partial charge in [0.15, 0.2) is 0 Å². The van der Waals surface area contributed by atoms with Crippen molar-refractivity contribution in [3.05, 3.63) is 11.8 Å². The van der Waals surface area contributed by atoms with Crippen LogP contribution in [0.15, 0.2) is 11.8 Å². The predicted octanol–water partition coefficient (Wildman–Crippen LogP) is 1.56. The van der Waals surface area contributed by atoms with Gasteiger partial charge in [0.25, 0.3) is 0 Å². The van der Waals surface area contributed by atoms with Crippen LogP contribution in [0.25, 0.3) is 0 Å². The zero-order valence-corrected chi connectivity index (χ0v) is 6.16. The second-order valence-electron chi connectivity index (χ2n) is 2.20. The van der Waals surface area contributed by atoms with E-state index in [-0.39, 0.29) is 11.5 Å². The van der Waals surface area contributed by atoms with Gasteiger partial charge >= 0.3 is 5.97 Å². The monoisotopic (exact) mass is 144 g/mol. The number of carbonyl (C=O) groups is 1. The van der Waals surface area contributed by atoms with Gasteiger partial charge in [-0.3, -0.25) is 0 Å². The molecule has 0 bridgehead atoms. The van der Waals surface area contributed by atoms with Crippen molar-refractivity contribution in [2.45, 2.75) is 20.3 Å². The van der Waals surface area contributed by atoms with E-state index in [1.165, 1.54) is 0 Å². The van der Waals surface area contributed by atoms with E-state index >= 15 is 0 Å². The fourth-order valence-corrected chi connectivity index (χ4v) is 0.613. The Morgan fingerprint density at radius 3 is 2.30 bits per heavy atom. The fraction of sp³-hybridized carbons (Fsp3) is 0.571. The standard InChI is InChI=1S/C7H12O3/c1-3-5(2)6(4-8)7(9)10/h4-5,8H,3H2,1-2H3,(H,9,10). The minimum atomic E-state index is -1.04. The zero-order chi connectivity index (χ0) is 8.15. The highest BCUT2D eigenvalue weighted by Crippen LogP contribution is 2.12. The smallest absolute Gasteiger partial charge is 0.334 e. The maximum atomic E-state index is 10.3. The summed E-state index contributed by atoms with van der Waals surface area (Å²) >= 11 is 0. The average Bonchev–Trinajstić information content (AvgIpc) is 1.88. The van der Waals surface area contributed by atoms with Crippen LogP contribution in [0, 0.1) is 5.92 Å². The van der Waals surface area contributed by atoms with Crippen LogP contribution in [-0.2, 0) is 4.79 Å². The molecule has 0 heterocycles. The number of aliphatic carboxylic acids is 1. The van der Waals surface area contributed by atoms with E-state index in [0.29, 0.717) is 6.26 Å². The van der Waals surface area contributed by atoms with E-state index in [0.717, 1.165) is 6.42 Å². The third kappa shape index (κ3) is 2.09. The molecule has 0 aromatic carbocycles. The maximum absolute atomic E-state index is 10.3. The van der Waals surface area contributed by atoms with Crippen molar-refractivity contribution < 1.29 is 15.0 Å². The predicted molar refractivity (Wildman–Crippen MR) is 37.8 cm³/mol. The first-order chi connectivity index (χ1) is 4.63. The molecular weight excluding hydrogens is 132 g/mol. The van der Waals surface area contributed by atoms with Crippen LogP contribution in [-0.4, -0.2) is 16.2 Å². The van der Waals surface area contributed by atoms with Gasteiger partial charge in [-0.05, 0) is 12.3 Å². The first-order valence-corrected chi connectivity index (χ1v) is 3.21. The van der Waals surface area contributed by atoms with Crippen molar-refractivity contribution in [3.8, 4) is 0 Å². The zero-order valence-electron chi connectivity index (χ0n) is 6.16. The Kier molecular flexibility index (Phi) is 3.54. The first-order valence-electron chi connectivity index (χ1n) is 3.21. The van der Waals surface area contributed by atoms with Gasteiger partial charge in [-0.2, -0.15) is 0 Å². The number of hydrogen-bond donors (Lipinski definition) is 2. The molecule has 3 nitrogen and oxygen atoms in total. The molecule has 0 aliphatic rings. The maximum Gasteiger partial charge on any atom is 0.334 e. The molecule has 0 aliphatic heterocycles. The summed E-state index contributed by atoms with van der Waals surface area (Å²) < 4.78 is 0. The number of aliphatic hydroxyl groups excluding tert-OH is 1. The highest BCUT2D eigenvalue weighted by Gasteiger charge is 2.13. The van der Waals surface area contributed by atoms with Crippen LogP contribution in [0.2, 0.25) is 0 Å². The van der Waals surface area contributed by atoms with Crippen LogP contribution >= 0.6 is 0 Å². The molecule has 2 N–H and O–H groups in total. The van der Waals surface area contributed by atoms with Crippen LogP contribution in [0.4, 0.5) is 0 Å². The molecule has 1 unspecified atom stereocenters. The molecule has 10 heavy (non-hydrogen) atoms. The van der Waals surface area contributed by atoms with Gasteiger partial charge in [0.2, 0.25) is 0 Å². The van der Waals surface area contributed by atoms with Crippen molar-refractivity contribution in [2.75, 3.05) is 0 Å². The summed E-state index contributed by atoms with van der Waals surface area (Å²) in [5, 5.41) is 16.9. The van der Waals surface area contributed by atoms with Crippen molar-refractivity contribution in [3.63, 3.8) is 0 Å². The molecule has 3 heteroatoms. The third-order valence-corrected chi connectivity index (χ3v) is 1.53. The topological polar surface area (TPSA) is 57.5 Å². The van der Waals surface area contributed by atoms with Crippen LogP contribution in [0.5, 0.6) is 0 Å². The number of rotatable bonds is 3. The normalized spacial score (nSPS) is 14.8. The number of carboxylic acid groups (broad SMARTS) is 1. The summed E-state index contributed by atoms with van der Waals surface area (Å²) in [5.74, 6) is -1.13. The Labute approximate surface area is 60.0 Å². The lowest BCUT2D eigenvalue weighted by Gasteiger charge is -2.06. The summed E-state index contributed by atoms with van der Waals surface area (Å²) in [4.78, 5) is 10.3. The van der Waals surface area contributed by atoms with Gasteiger partial charge in [0, 0.05) is 0 Å². The lowest BCUT2D eigenvalue weighted by Crippen LogP contribution is -2.08. The molecule has 0 amide bonds. The first kappa shape index (κ1) is 9.01. The van der Waals surface area contributed by atoms with Gasteiger partial charge < -0.3 is 10.2 Å². The molecule has 0 aromatic rings. The van der Waals surface area contributed by atoms with Crippen LogP contribution in [0.3, 0.4) is 0 Å². The van der Waals surface area contributed by atoms with Gasteiger partial charge in [-0.15, -0.1) is 0 Å². The Balaban J connectivity index is 4.23. The molecule has 0 saturated heterocycles. The summed E-state index contributed by atoms with van der Waals surface area (Å²) in [5.41, 5.74) is 0.0718. The molecule has 58 valence electrons. The third-order valence-electron chi connectivity index (χ3n) is 1.53. The molecular formula is C7H12O3. The fourth-order valence-electron chi connectivity index (χ4n) is 0.613. The van der Waals surface area contributed by atoms with Crippen LogP contribution < -0.4 is 0 Å². The molecule has 0 fully saturated rings. The largest absolute Gasteiger partial charge is 0.515 e. The van der Waals surface area contributed by atoms with Crippen molar-refractivity contribution in [1.29, 1.82) is 0 Å². The van der Waals surface area contributed by atoms with Gasteiger partial charge in [0.05, 0.1) is 11.8 Å². The lowest BCUT2D eigenvalue weighted by atomic mass is 10.0. The minimum Gasteiger partial charge on any atom is -0.515 e. The second kappa shape index (κ2) is 3.93. The van der Waals surface area contributed by atoms with Crippen LogP contribution in [0.1, 0.15) is 20.3 Å². The SMILES string of the molecule is CCC(C)C(=CO)C(=O)O. The highest BCUT2D eigenvalue weighted by molar-refractivity contribution is 5.86. The summed E-state index contributed by atoms with van der Waals surface area (Å²) in [6.45, 7) is 3.63. The average molecular weight is 144 g/mol. The molecule has 0 saturated carbocycles. The van der Waals surface area contributed by atoms with E-state index in [1.807, 2.05) is 6.92 Å². The van der Waals surface area contributed by atoms with E-state index in [2.05, 4.69) is 0 Å². The van der Waals surface area contributed by atoms with Gasteiger partial charge in [0.1, 0.15) is 0 Å². The lowest BCUT2D eigenvalue weighted by molar-refractivity contribution is -0.133. The molecule has 0 aliphatic carbocycles. The summed E-state index contributed by atoms with van der Waals surface area (Å²) in [6.07, 6.45) is 1.38. The summed E-state index contributed by atoms with van der Waals surface area (Å²) in [6, 6.07) is 0. The van der Waals surface area contributed by atoms with E-state index in [4.69, 9.17) is 10.2 Å².